The summed E-state index contributed by atoms with van der Waals surface area (Å²) in [5.74, 6) is -1.30. The van der Waals surface area contributed by atoms with Gasteiger partial charge in [-0.05, 0) is 17.5 Å². The van der Waals surface area contributed by atoms with Crippen LogP contribution in [0.15, 0.2) is 0 Å². The first kappa shape index (κ1) is 19.2. The van der Waals surface area contributed by atoms with Gasteiger partial charge in [-0.3, -0.25) is 4.79 Å². The molecule has 0 bridgehead atoms. The summed E-state index contributed by atoms with van der Waals surface area (Å²) in [4.78, 5) is 16.5. The summed E-state index contributed by atoms with van der Waals surface area (Å²) < 4.78 is 66.5. The minimum Gasteiger partial charge on any atom is -0.389 e. The van der Waals surface area contributed by atoms with Crippen molar-refractivity contribution in [2.24, 2.45) is 5.92 Å². The molecule has 1 aliphatic heterocycles. The number of carbonyl (C=O) groups excluding carboxylic acids is 1. The van der Waals surface area contributed by atoms with Crippen LogP contribution in [0.4, 0.5) is 22.0 Å². The summed E-state index contributed by atoms with van der Waals surface area (Å²) in [5.41, 5.74) is -1.57. The zero-order valence-electron chi connectivity index (χ0n) is 12.9. The molecule has 0 saturated carbocycles. The lowest BCUT2D eigenvalue weighted by molar-refractivity contribution is -0.142. The van der Waals surface area contributed by atoms with Crippen LogP contribution in [-0.4, -0.2) is 42.4 Å². The summed E-state index contributed by atoms with van der Waals surface area (Å²) in [5, 5.41) is 9.62. The van der Waals surface area contributed by atoms with Crippen molar-refractivity contribution in [2.45, 2.75) is 37.6 Å². The van der Waals surface area contributed by atoms with Crippen molar-refractivity contribution in [3.05, 3.63) is 16.4 Å². The van der Waals surface area contributed by atoms with Crippen LogP contribution in [-0.2, 0) is 24.1 Å². The number of amides is 1. The van der Waals surface area contributed by atoms with E-state index >= 15 is 0 Å². The minimum atomic E-state index is -4.77. The molecular weight excluding hydrogens is 407 g/mol. The third-order valence-electron chi connectivity index (χ3n) is 3.90. The van der Waals surface area contributed by atoms with E-state index in [9.17, 15) is 26.7 Å². The molecule has 0 aliphatic carbocycles. The molecule has 0 aromatic carbocycles. The highest BCUT2D eigenvalue weighted by molar-refractivity contribution is 7.16. The maximum absolute atomic E-state index is 13.2. The number of imidazole rings is 1. The summed E-state index contributed by atoms with van der Waals surface area (Å²) in [7, 11) is 0. The molecule has 1 amide bonds. The Kier molecular flexibility index (Phi) is 4.86. The number of carbonyl (C=O) groups is 1. The normalized spacial score (nSPS) is 19.1. The molecule has 13 heteroatoms. The fourth-order valence-corrected chi connectivity index (χ4v) is 3.90. The summed E-state index contributed by atoms with van der Waals surface area (Å²) >= 11 is 5.66. The second-order valence-corrected chi connectivity index (χ2v) is 7.51. The van der Waals surface area contributed by atoms with E-state index in [1.807, 2.05) is 0 Å². The van der Waals surface area contributed by atoms with Gasteiger partial charge in [-0.25, -0.2) is 9.50 Å². The Morgan fingerprint density at radius 3 is 2.58 bits per heavy atom. The topological polar surface area (TPSA) is 70.7 Å². The quantitative estimate of drug-likeness (QED) is 0.599. The lowest BCUT2D eigenvalue weighted by Gasteiger charge is -2.18. The van der Waals surface area contributed by atoms with E-state index < -0.39 is 48.6 Å². The fraction of sp³-hybridized carbons (Fsp3) is 0.615. The van der Waals surface area contributed by atoms with Crippen LogP contribution in [0.25, 0.3) is 4.96 Å². The van der Waals surface area contributed by atoms with Crippen molar-refractivity contribution in [1.82, 2.24) is 19.5 Å². The first-order valence-corrected chi connectivity index (χ1v) is 8.57. The van der Waals surface area contributed by atoms with Crippen LogP contribution >= 0.6 is 22.9 Å². The Labute approximate surface area is 152 Å². The molecule has 1 atom stereocenters. The third-order valence-corrected chi connectivity index (χ3v) is 4.94. The van der Waals surface area contributed by atoms with Gasteiger partial charge in [0.05, 0.1) is 18.8 Å². The van der Waals surface area contributed by atoms with Crippen molar-refractivity contribution in [2.75, 3.05) is 6.54 Å². The smallest absolute Gasteiger partial charge is 0.389 e. The average molecular weight is 419 g/mol. The number of hydrogen-bond acceptors (Lipinski definition) is 5. The van der Waals surface area contributed by atoms with Crippen LogP contribution in [0.2, 0.25) is 0 Å². The van der Waals surface area contributed by atoms with Crippen LogP contribution in [0.5, 0.6) is 0 Å². The monoisotopic (exact) mass is 418 g/mol. The van der Waals surface area contributed by atoms with Gasteiger partial charge in [0.25, 0.3) is 0 Å². The van der Waals surface area contributed by atoms with Gasteiger partial charge in [0.1, 0.15) is 5.01 Å². The molecule has 0 spiro atoms. The number of aliphatic hydroxyl groups excluding tert-OH is 1. The van der Waals surface area contributed by atoms with Crippen molar-refractivity contribution in [3.8, 4) is 0 Å². The first-order valence-electron chi connectivity index (χ1n) is 7.38. The zero-order chi connectivity index (χ0) is 19.3. The van der Waals surface area contributed by atoms with Crippen molar-refractivity contribution < 1.29 is 31.9 Å². The molecular formula is C13H12ClF5N4O2S. The minimum absolute atomic E-state index is 0.0770. The molecule has 2 aromatic rings. The Balaban J connectivity index is 1.90. The lowest BCUT2D eigenvalue weighted by atomic mass is 10.1. The maximum atomic E-state index is 13.2. The SMILES string of the molecule is O=C1CC(CC(F)(F)Cl)CN1Cc1c(C(F)(F)F)nc2sc(CO)nn12. The largest absolute Gasteiger partial charge is 0.435 e. The van der Waals surface area contributed by atoms with Gasteiger partial charge < -0.3 is 10.0 Å². The number of aliphatic hydroxyl groups is 1. The molecule has 1 N–H and O–H groups in total. The molecule has 6 nitrogen and oxygen atoms in total. The molecule has 1 aliphatic rings. The zero-order valence-corrected chi connectivity index (χ0v) is 14.5. The molecule has 1 saturated heterocycles. The van der Waals surface area contributed by atoms with Crippen LogP contribution in [0.1, 0.15) is 29.2 Å². The van der Waals surface area contributed by atoms with Crippen LogP contribution in [0, 0.1) is 5.92 Å². The van der Waals surface area contributed by atoms with Gasteiger partial charge >= 0.3 is 11.6 Å². The van der Waals surface area contributed by atoms with Crippen molar-refractivity contribution in [1.29, 1.82) is 0 Å². The molecule has 3 rings (SSSR count). The Bertz CT molecular complexity index is 831. The summed E-state index contributed by atoms with van der Waals surface area (Å²) in [6, 6.07) is 0. The number of fused-ring (bicyclic) bond motifs is 1. The second kappa shape index (κ2) is 6.57. The van der Waals surface area contributed by atoms with E-state index in [2.05, 4.69) is 10.1 Å². The number of halogens is 6. The van der Waals surface area contributed by atoms with Gasteiger partial charge in [0.2, 0.25) is 10.9 Å². The van der Waals surface area contributed by atoms with Gasteiger partial charge in [0, 0.05) is 19.4 Å². The highest BCUT2D eigenvalue weighted by atomic mass is 35.5. The second-order valence-electron chi connectivity index (χ2n) is 5.92. The first-order chi connectivity index (χ1) is 12.0. The Morgan fingerprint density at radius 1 is 1.31 bits per heavy atom. The lowest BCUT2D eigenvalue weighted by Crippen LogP contribution is -2.27. The molecule has 0 radical (unpaired) electrons. The highest BCUT2D eigenvalue weighted by Gasteiger charge is 2.42. The van der Waals surface area contributed by atoms with Crippen LogP contribution in [0.3, 0.4) is 0 Å². The number of aromatic nitrogens is 3. The number of likely N-dealkylation sites (tertiary alicyclic amines) is 1. The average Bonchev–Trinajstić information content (AvgIpc) is 3.11. The van der Waals surface area contributed by atoms with E-state index in [4.69, 9.17) is 16.7 Å². The van der Waals surface area contributed by atoms with Gasteiger partial charge in [-0.1, -0.05) is 11.3 Å². The van der Waals surface area contributed by atoms with Gasteiger partial charge in [-0.2, -0.15) is 27.1 Å². The molecule has 144 valence electrons. The number of nitrogens with zero attached hydrogens (tertiary/aromatic N) is 4. The van der Waals surface area contributed by atoms with E-state index in [0.29, 0.717) is 0 Å². The van der Waals surface area contributed by atoms with E-state index in [0.717, 1.165) is 20.8 Å². The van der Waals surface area contributed by atoms with Gasteiger partial charge in [-0.15, -0.1) is 0 Å². The maximum Gasteiger partial charge on any atom is 0.435 e. The standard InChI is InChI=1S/C13H12ClF5N4O2S/c14-12(15,16)2-6-1-9(25)22(3-6)4-7-10(13(17,18)19)20-11-23(7)21-8(5-24)26-11/h6,24H,1-5H2. The predicted octanol–water partition coefficient (Wildman–Crippen LogP) is 2.87. The summed E-state index contributed by atoms with van der Waals surface area (Å²) in [6.45, 7) is -1.08. The summed E-state index contributed by atoms with van der Waals surface area (Å²) in [6.07, 6.45) is -5.73. The number of rotatable bonds is 5. The molecule has 1 unspecified atom stereocenters. The molecule has 26 heavy (non-hydrogen) atoms. The molecule has 3 heterocycles. The predicted molar refractivity (Wildman–Crippen MR) is 80.7 cm³/mol. The molecule has 2 aromatic heterocycles. The van der Waals surface area contributed by atoms with E-state index in [1.54, 1.807) is 0 Å². The number of alkyl halides is 6. The fourth-order valence-electron chi connectivity index (χ4n) is 2.91. The Morgan fingerprint density at radius 2 is 2.00 bits per heavy atom. The van der Waals surface area contributed by atoms with E-state index in [-0.39, 0.29) is 28.6 Å². The number of hydrogen-bond donors (Lipinski definition) is 1. The van der Waals surface area contributed by atoms with Crippen molar-refractivity contribution in [3.63, 3.8) is 0 Å². The third kappa shape index (κ3) is 3.91. The molecule has 1 fully saturated rings. The van der Waals surface area contributed by atoms with Crippen molar-refractivity contribution >= 4 is 33.8 Å². The Hall–Kier alpha value is -1.53. The highest BCUT2D eigenvalue weighted by Crippen LogP contribution is 2.36. The van der Waals surface area contributed by atoms with Gasteiger partial charge in [0.15, 0.2) is 5.69 Å². The van der Waals surface area contributed by atoms with Crippen LogP contribution < -0.4 is 0 Å². The van der Waals surface area contributed by atoms with E-state index in [1.165, 1.54) is 0 Å².